The van der Waals surface area contributed by atoms with Crippen molar-refractivity contribution >= 4 is 38.3 Å². The molecule has 2 aromatic carbocycles. The van der Waals surface area contributed by atoms with Crippen molar-refractivity contribution in [2.75, 3.05) is 5.88 Å². The lowest BCUT2D eigenvalue weighted by Crippen LogP contribution is -2.24. The smallest absolute Gasteiger partial charge is 0.267 e. The van der Waals surface area contributed by atoms with Crippen LogP contribution in [-0.4, -0.2) is 15.7 Å². The van der Waals surface area contributed by atoms with E-state index in [-0.39, 0.29) is 5.56 Å². The van der Waals surface area contributed by atoms with Gasteiger partial charge in [-0.1, -0.05) is 46.3 Å². The molecule has 3 rings (SSSR count). The van der Waals surface area contributed by atoms with Gasteiger partial charge >= 0.3 is 0 Å². The van der Waals surface area contributed by atoms with Crippen molar-refractivity contribution < 1.29 is 0 Å². The fourth-order valence-corrected chi connectivity index (χ4v) is 2.80. The Morgan fingerprint density at radius 1 is 1.05 bits per heavy atom. The van der Waals surface area contributed by atoms with Crippen LogP contribution < -0.4 is 5.56 Å². The second-order valence-corrected chi connectivity index (χ2v) is 6.27. The van der Waals surface area contributed by atoms with Crippen molar-refractivity contribution in [2.45, 2.75) is 13.0 Å². The van der Waals surface area contributed by atoms with Gasteiger partial charge in [-0.3, -0.25) is 4.79 Å². The number of hydrogen-bond donors (Lipinski definition) is 0. The predicted octanol–water partition coefficient (Wildman–Crippen LogP) is 4.45. The van der Waals surface area contributed by atoms with Crippen LogP contribution in [0.2, 0.25) is 0 Å². The Morgan fingerprint density at radius 3 is 2.41 bits per heavy atom. The molecule has 0 amide bonds. The maximum Gasteiger partial charge on any atom is 0.274 e. The van der Waals surface area contributed by atoms with E-state index in [9.17, 15) is 4.79 Å². The summed E-state index contributed by atoms with van der Waals surface area (Å²) in [6, 6.07) is 15.5. The minimum absolute atomic E-state index is 0.0680. The maximum absolute atomic E-state index is 12.5. The Hall–Kier alpha value is -1.65. The van der Waals surface area contributed by atoms with Gasteiger partial charge in [0.1, 0.15) is 0 Å². The molecule has 1 heterocycles. The molecule has 1 aromatic heterocycles. The van der Waals surface area contributed by atoms with Gasteiger partial charge in [-0.15, -0.1) is 11.6 Å². The number of benzene rings is 2. The van der Waals surface area contributed by atoms with Crippen LogP contribution in [0, 0.1) is 0 Å². The van der Waals surface area contributed by atoms with E-state index in [1.165, 1.54) is 4.68 Å². The average molecular weight is 378 g/mol. The molecule has 3 nitrogen and oxygen atoms in total. The van der Waals surface area contributed by atoms with Crippen LogP contribution in [-0.2, 0) is 6.54 Å². The summed E-state index contributed by atoms with van der Waals surface area (Å²) in [6.45, 7) is 0.524. The van der Waals surface area contributed by atoms with Gasteiger partial charge < -0.3 is 0 Å². The van der Waals surface area contributed by atoms with Crippen molar-refractivity contribution in [1.82, 2.24) is 9.78 Å². The highest BCUT2D eigenvalue weighted by molar-refractivity contribution is 9.10. The lowest BCUT2D eigenvalue weighted by atomic mass is 10.1. The fourth-order valence-electron chi connectivity index (χ4n) is 2.42. The predicted molar refractivity (Wildman–Crippen MR) is 94.5 cm³/mol. The summed E-state index contributed by atoms with van der Waals surface area (Å²) in [5.41, 5.74) is 1.73. The zero-order chi connectivity index (χ0) is 15.5. The summed E-state index contributed by atoms with van der Waals surface area (Å²) in [5, 5.41) is 6.13. The molecule has 0 unspecified atom stereocenters. The molecule has 22 heavy (non-hydrogen) atoms. The third-order valence-corrected chi connectivity index (χ3v) is 4.28. The molecule has 0 saturated carbocycles. The van der Waals surface area contributed by atoms with Crippen molar-refractivity contribution in [1.29, 1.82) is 0 Å². The molecule has 0 aliphatic heterocycles. The molecule has 0 aliphatic carbocycles. The lowest BCUT2D eigenvalue weighted by molar-refractivity contribution is 0.578. The van der Waals surface area contributed by atoms with Gasteiger partial charge in [0.25, 0.3) is 5.56 Å². The highest BCUT2D eigenvalue weighted by atomic mass is 79.9. The van der Waals surface area contributed by atoms with Gasteiger partial charge in [0.05, 0.1) is 11.1 Å². The molecule has 0 atom stereocenters. The van der Waals surface area contributed by atoms with Crippen LogP contribution in [0.25, 0.3) is 22.0 Å². The monoisotopic (exact) mass is 376 g/mol. The van der Waals surface area contributed by atoms with Crippen LogP contribution in [0.4, 0.5) is 0 Å². The SMILES string of the molecule is O=c1c2ccccc2c(-c2ccc(Br)cc2)nn1CCCCl. The number of hydrogen-bond acceptors (Lipinski definition) is 2. The van der Waals surface area contributed by atoms with Gasteiger partial charge in [-0.25, -0.2) is 4.68 Å². The maximum atomic E-state index is 12.5. The van der Waals surface area contributed by atoms with Crippen LogP contribution in [0.15, 0.2) is 57.8 Å². The molecule has 0 fully saturated rings. The van der Waals surface area contributed by atoms with E-state index in [0.717, 1.165) is 21.1 Å². The topological polar surface area (TPSA) is 34.9 Å². The molecule has 0 bridgehead atoms. The van der Waals surface area contributed by atoms with Crippen molar-refractivity contribution in [3.8, 4) is 11.3 Å². The summed E-state index contributed by atoms with van der Waals surface area (Å²) in [5.74, 6) is 0.508. The van der Waals surface area contributed by atoms with Gasteiger partial charge in [0.2, 0.25) is 0 Å². The van der Waals surface area contributed by atoms with E-state index in [4.69, 9.17) is 11.6 Å². The standard InChI is InChI=1S/C17H14BrClN2O/c18-13-8-6-12(7-9-13)16-14-4-1-2-5-15(14)17(22)21(20-16)11-3-10-19/h1-2,4-9H,3,10-11H2. The van der Waals surface area contributed by atoms with Crippen LogP contribution in [0.3, 0.4) is 0 Å². The normalized spacial score (nSPS) is 11.0. The van der Waals surface area contributed by atoms with E-state index < -0.39 is 0 Å². The number of aryl methyl sites for hydroxylation is 1. The van der Waals surface area contributed by atoms with Crippen LogP contribution in [0.5, 0.6) is 0 Å². The molecule has 0 spiro atoms. The van der Waals surface area contributed by atoms with E-state index in [1.807, 2.05) is 48.5 Å². The molecule has 0 N–H and O–H groups in total. The summed E-state index contributed by atoms with van der Waals surface area (Å²) < 4.78 is 2.53. The van der Waals surface area contributed by atoms with Crippen molar-refractivity contribution in [2.24, 2.45) is 0 Å². The molecule has 3 aromatic rings. The Kier molecular flexibility index (Phi) is 4.60. The number of rotatable bonds is 4. The summed E-state index contributed by atoms with van der Waals surface area (Å²) in [4.78, 5) is 12.5. The molecule has 5 heteroatoms. The van der Waals surface area contributed by atoms with Gasteiger partial charge in [0, 0.05) is 27.8 Å². The zero-order valence-corrected chi connectivity index (χ0v) is 14.1. The van der Waals surface area contributed by atoms with E-state index in [2.05, 4.69) is 21.0 Å². The van der Waals surface area contributed by atoms with Crippen molar-refractivity contribution in [3.05, 3.63) is 63.4 Å². The van der Waals surface area contributed by atoms with Crippen LogP contribution >= 0.6 is 27.5 Å². The van der Waals surface area contributed by atoms with Crippen LogP contribution in [0.1, 0.15) is 6.42 Å². The first-order valence-corrected chi connectivity index (χ1v) is 8.35. The highest BCUT2D eigenvalue weighted by Gasteiger charge is 2.11. The van der Waals surface area contributed by atoms with Gasteiger partial charge in [-0.2, -0.15) is 5.10 Å². The van der Waals surface area contributed by atoms with Gasteiger partial charge in [0.15, 0.2) is 0 Å². The summed E-state index contributed by atoms with van der Waals surface area (Å²) in [7, 11) is 0. The lowest BCUT2D eigenvalue weighted by Gasteiger charge is -2.11. The second-order valence-electron chi connectivity index (χ2n) is 4.97. The summed E-state index contributed by atoms with van der Waals surface area (Å²) in [6.07, 6.45) is 0.715. The number of aromatic nitrogens is 2. The first-order chi connectivity index (χ1) is 10.7. The van der Waals surface area contributed by atoms with E-state index in [1.54, 1.807) is 0 Å². The third-order valence-electron chi connectivity index (χ3n) is 3.49. The minimum atomic E-state index is -0.0680. The Bertz CT molecular complexity index is 859. The molecule has 0 saturated heterocycles. The molecule has 0 radical (unpaired) electrons. The minimum Gasteiger partial charge on any atom is -0.267 e. The number of halogens is 2. The second kappa shape index (κ2) is 6.63. The highest BCUT2D eigenvalue weighted by Crippen LogP contribution is 2.25. The van der Waals surface area contributed by atoms with E-state index >= 15 is 0 Å². The molecular formula is C17H14BrClN2O. The first kappa shape index (κ1) is 15.3. The zero-order valence-electron chi connectivity index (χ0n) is 11.8. The third kappa shape index (κ3) is 2.94. The summed E-state index contributed by atoms with van der Waals surface area (Å²) >= 11 is 9.19. The quantitative estimate of drug-likeness (QED) is 0.629. The number of fused-ring (bicyclic) bond motifs is 1. The molecule has 112 valence electrons. The average Bonchev–Trinajstić information content (AvgIpc) is 2.55. The Balaban J connectivity index is 2.25. The first-order valence-electron chi connectivity index (χ1n) is 7.02. The number of nitrogens with zero attached hydrogens (tertiary/aromatic N) is 2. The molecule has 0 aliphatic rings. The Labute approximate surface area is 141 Å². The van der Waals surface area contributed by atoms with E-state index in [0.29, 0.717) is 24.2 Å². The van der Waals surface area contributed by atoms with Gasteiger partial charge in [-0.05, 0) is 24.6 Å². The fraction of sp³-hybridized carbons (Fsp3) is 0.176. The Morgan fingerprint density at radius 2 is 1.73 bits per heavy atom. The largest absolute Gasteiger partial charge is 0.274 e. The number of alkyl halides is 1. The van der Waals surface area contributed by atoms with Crippen molar-refractivity contribution in [3.63, 3.8) is 0 Å². The molecular weight excluding hydrogens is 364 g/mol.